The lowest BCUT2D eigenvalue weighted by atomic mass is 10.0. The maximum Gasteiger partial charge on any atom is 0.0453 e. The van der Waals surface area contributed by atoms with Crippen molar-refractivity contribution in [2.75, 3.05) is 0 Å². The molecule has 0 amide bonds. The molecule has 0 aliphatic carbocycles. The fourth-order valence-electron chi connectivity index (χ4n) is 2.45. The van der Waals surface area contributed by atoms with E-state index in [-0.39, 0.29) is 6.04 Å². The van der Waals surface area contributed by atoms with E-state index in [1.165, 1.54) is 11.1 Å². The average Bonchev–Trinajstić information content (AvgIpc) is 2.39. The minimum absolute atomic E-state index is 0.225. The van der Waals surface area contributed by atoms with E-state index in [0.717, 1.165) is 10.6 Å². The molecule has 0 saturated heterocycles. The molecule has 2 aromatic rings. The van der Waals surface area contributed by atoms with Crippen LogP contribution in [0.1, 0.15) is 42.6 Å². The first-order valence-electron chi connectivity index (χ1n) is 6.65. The van der Waals surface area contributed by atoms with Crippen LogP contribution >= 0.6 is 11.6 Å². The van der Waals surface area contributed by atoms with Crippen LogP contribution in [0, 0.1) is 6.92 Å². The summed E-state index contributed by atoms with van der Waals surface area (Å²) in [6.07, 6.45) is 0. The molecule has 19 heavy (non-hydrogen) atoms. The minimum atomic E-state index is 0.225. The predicted molar refractivity (Wildman–Crippen MR) is 82.6 cm³/mol. The van der Waals surface area contributed by atoms with E-state index in [1.54, 1.807) is 0 Å². The number of rotatable bonds is 4. The third kappa shape index (κ3) is 3.37. The quantitative estimate of drug-likeness (QED) is 0.821. The highest BCUT2D eigenvalue weighted by Crippen LogP contribution is 2.26. The summed E-state index contributed by atoms with van der Waals surface area (Å²) < 4.78 is 0. The van der Waals surface area contributed by atoms with E-state index in [9.17, 15) is 0 Å². The number of hydrogen-bond acceptors (Lipinski definition) is 1. The highest BCUT2D eigenvalue weighted by Gasteiger charge is 2.14. The van der Waals surface area contributed by atoms with Crippen molar-refractivity contribution >= 4 is 11.6 Å². The molecule has 2 aromatic carbocycles. The number of benzene rings is 2. The lowest BCUT2D eigenvalue weighted by Crippen LogP contribution is -2.23. The molecule has 1 unspecified atom stereocenters. The van der Waals surface area contributed by atoms with Crippen LogP contribution in [0.5, 0.6) is 0 Å². The van der Waals surface area contributed by atoms with Crippen molar-refractivity contribution in [2.24, 2.45) is 0 Å². The summed E-state index contributed by atoms with van der Waals surface area (Å²) >= 11 is 6.24. The fraction of sp³-hybridized carbons (Fsp3) is 0.294. The van der Waals surface area contributed by atoms with Crippen molar-refractivity contribution in [3.8, 4) is 0 Å². The Labute approximate surface area is 120 Å². The van der Waals surface area contributed by atoms with Crippen LogP contribution in [-0.2, 0) is 0 Å². The highest BCUT2D eigenvalue weighted by molar-refractivity contribution is 6.31. The van der Waals surface area contributed by atoms with Crippen molar-refractivity contribution in [1.82, 2.24) is 5.32 Å². The van der Waals surface area contributed by atoms with Gasteiger partial charge in [-0.3, -0.25) is 0 Å². The van der Waals surface area contributed by atoms with Crippen LogP contribution in [0.3, 0.4) is 0 Å². The fourth-order valence-corrected chi connectivity index (χ4v) is 2.75. The molecule has 2 heteroatoms. The molecular formula is C17H20ClN. The van der Waals surface area contributed by atoms with Crippen molar-refractivity contribution in [3.63, 3.8) is 0 Å². The Kier molecular flexibility index (Phi) is 4.62. The lowest BCUT2D eigenvalue weighted by molar-refractivity contribution is 0.493. The summed E-state index contributed by atoms with van der Waals surface area (Å²) in [5.41, 5.74) is 3.79. The molecular weight excluding hydrogens is 254 g/mol. The number of hydrogen-bond donors (Lipinski definition) is 1. The van der Waals surface area contributed by atoms with E-state index in [4.69, 9.17) is 11.6 Å². The minimum Gasteiger partial charge on any atom is -0.304 e. The van der Waals surface area contributed by atoms with Crippen molar-refractivity contribution in [2.45, 2.75) is 32.9 Å². The van der Waals surface area contributed by atoms with Gasteiger partial charge >= 0.3 is 0 Å². The normalized spacial score (nSPS) is 14.1. The van der Waals surface area contributed by atoms with Gasteiger partial charge in [0.25, 0.3) is 0 Å². The molecule has 0 radical (unpaired) electrons. The number of aryl methyl sites for hydroxylation is 1. The van der Waals surface area contributed by atoms with Gasteiger partial charge in [-0.25, -0.2) is 0 Å². The van der Waals surface area contributed by atoms with Gasteiger partial charge in [-0.1, -0.05) is 54.1 Å². The Morgan fingerprint density at radius 1 is 0.842 bits per heavy atom. The van der Waals surface area contributed by atoms with Crippen LogP contribution in [0.15, 0.2) is 48.5 Å². The molecule has 0 aromatic heterocycles. The molecule has 1 N–H and O–H groups in total. The van der Waals surface area contributed by atoms with E-state index in [2.05, 4.69) is 56.4 Å². The Morgan fingerprint density at radius 3 is 2.00 bits per heavy atom. The summed E-state index contributed by atoms with van der Waals surface area (Å²) in [6.45, 7) is 6.49. The van der Waals surface area contributed by atoms with Crippen molar-refractivity contribution in [3.05, 3.63) is 70.2 Å². The Morgan fingerprint density at radius 2 is 1.37 bits per heavy atom. The van der Waals surface area contributed by atoms with Gasteiger partial charge in [0.15, 0.2) is 0 Å². The van der Waals surface area contributed by atoms with E-state index < -0.39 is 0 Å². The molecule has 0 heterocycles. The smallest absolute Gasteiger partial charge is 0.0453 e. The second kappa shape index (κ2) is 6.23. The first-order chi connectivity index (χ1) is 9.09. The zero-order valence-electron chi connectivity index (χ0n) is 11.7. The first kappa shape index (κ1) is 14.1. The molecule has 2 rings (SSSR count). The molecule has 100 valence electrons. The third-order valence-electron chi connectivity index (χ3n) is 3.53. The molecule has 0 saturated carbocycles. The molecule has 1 nitrogen and oxygen atoms in total. The van der Waals surface area contributed by atoms with Gasteiger partial charge in [0, 0.05) is 17.1 Å². The van der Waals surface area contributed by atoms with Gasteiger partial charge in [0.2, 0.25) is 0 Å². The van der Waals surface area contributed by atoms with Gasteiger partial charge in [-0.05, 0) is 43.5 Å². The lowest BCUT2D eigenvalue weighted by Gasteiger charge is -2.22. The molecule has 2 atom stereocenters. The van der Waals surface area contributed by atoms with Crippen LogP contribution in [0.4, 0.5) is 0 Å². The number of nitrogens with one attached hydrogen (secondary N) is 1. The molecule has 0 spiro atoms. The molecule has 0 aliphatic rings. The standard InChI is InChI=1S/C17H20ClN/c1-12-8-4-5-9-15(12)13(2)19-14(3)16-10-6-7-11-17(16)18/h4-11,13-14,19H,1-3H3/t13-,14?/m1/s1. The van der Waals surface area contributed by atoms with Gasteiger partial charge in [-0.15, -0.1) is 0 Å². The van der Waals surface area contributed by atoms with Crippen LogP contribution in [0.25, 0.3) is 0 Å². The van der Waals surface area contributed by atoms with Crippen LogP contribution < -0.4 is 5.32 Å². The average molecular weight is 274 g/mol. The van der Waals surface area contributed by atoms with Gasteiger partial charge < -0.3 is 5.32 Å². The Balaban J connectivity index is 2.13. The SMILES string of the molecule is Cc1ccccc1[C@@H](C)NC(C)c1ccccc1Cl. The summed E-state index contributed by atoms with van der Waals surface area (Å²) in [5, 5.41) is 4.43. The van der Waals surface area contributed by atoms with Gasteiger partial charge in [0.05, 0.1) is 0 Å². The predicted octanol–water partition coefficient (Wildman–Crippen LogP) is 5.06. The van der Waals surface area contributed by atoms with Gasteiger partial charge in [0.1, 0.15) is 0 Å². The summed E-state index contributed by atoms with van der Waals surface area (Å²) in [5.74, 6) is 0. The Bertz CT molecular complexity index is 501. The second-order valence-corrected chi connectivity index (χ2v) is 5.40. The largest absolute Gasteiger partial charge is 0.304 e. The van der Waals surface area contributed by atoms with E-state index in [1.807, 2.05) is 18.2 Å². The monoisotopic (exact) mass is 273 g/mol. The molecule has 0 bridgehead atoms. The third-order valence-corrected chi connectivity index (χ3v) is 3.87. The van der Waals surface area contributed by atoms with Crippen LogP contribution in [-0.4, -0.2) is 0 Å². The van der Waals surface area contributed by atoms with Crippen molar-refractivity contribution < 1.29 is 0 Å². The van der Waals surface area contributed by atoms with E-state index >= 15 is 0 Å². The Hall–Kier alpha value is -1.31. The zero-order chi connectivity index (χ0) is 13.8. The zero-order valence-corrected chi connectivity index (χ0v) is 12.4. The number of halogens is 1. The van der Waals surface area contributed by atoms with E-state index in [0.29, 0.717) is 6.04 Å². The summed E-state index contributed by atoms with van der Waals surface area (Å²) in [4.78, 5) is 0. The van der Waals surface area contributed by atoms with Gasteiger partial charge in [-0.2, -0.15) is 0 Å². The summed E-state index contributed by atoms with van der Waals surface area (Å²) in [7, 11) is 0. The maximum atomic E-state index is 6.24. The maximum absolute atomic E-state index is 6.24. The highest BCUT2D eigenvalue weighted by atomic mass is 35.5. The van der Waals surface area contributed by atoms with Crippen molar-refractivity contribution in [1.29, 1.82) is 0 Å². The van der Waals surface area contributed by atoms with Crippen LogP contribution in [0.2, 0.25) is 5.02 Å². The molecule has 0 fully saturated rings. The summed E-state index contributed by atoms with van der Waals surface area (Å²) in [6, 6.07) is 17.0. The molecule has 0 aliphatic heterocycles. The topological polar surface area (TPSA) is 12.0 Å². The second-order valence-electron chi connectivity index (χ2n) is 4.99. The first-order valence-corrected chi connectivity index (χ1v) is 7.03.